The summed E-state index contributed by atoms with van der Waals surface area (Å²) in [4.78, 5) is 37.8. The van der Waals surface area contributed by atoms with Gasteiger partial charge in [-0.3, -0.25) is 14.4 Å². The number of amides is 2. The highest BCUT2D eigenvalue weighted by Gasteiger charge is 2.36. The van der Waals surface area contributed by atoms with Gasteiger partial charge in [-0.25, -0.2) is 0 Å². The standard InChI is InChI=1S/C17H28N2O4/c1-12(10-13-6-3-4-7-13)17(22)19-9-5-8-14(19)16(21)18-11-15(20)23-2/h12-14H,3-11H2,1-2H3,(H,18,21)/t12-,14+/m0/s1. The summed E-state index contributed by atoms with van der Waals surface area (Å²) in [6.07, 6.45) is 7.40. The summed E-state index contributed by atoms with van der Waals surface area (Å²) in [7, 11) is 1.28. The summed E-state index contributed by atoms with van der Waals surface area (Å²) in [6, 6.07) is -0.446. The van der Waals surface area contributed by atoms with E-state index in [9.17, 15) is 14.4 Å². The van der Waals surface area contributed by atoms with Gasteiger partial charge in [-0.2, -0.15) is 0 Å². The lowest BCUT2D eigenvalue weighted by molar-refractivity contribution is -0.143. The van der Waals surface area contributed by atoms with E-state index in [1.165, 1.54) is 32.8 Å². The second-order valence-corrected chi connectivity index (χ2v) is 6.77. The molecule has 130 valence electrons. The number of nitrogens with one attached hydrogen (secondary N) is 1. The Labute approximate surface area is 137 Å². The molecule has 6 heteroatoms. The zero-order valence-corrected chi connectivity index (χ0v) is 14.2. The first-order chi connectivity index (χ1) is 11.0. The van der Waals surface area contributed by atoms with Crippen molar-refractivity contribution in [2.75, 3.05) is 20.2 Å². The largest absolute Gasteiger partial charge is 0.468 e. The van der Waals surface area contributed by atoms with Gasteiger partial charge in [0.2, 0.25) is 11.8 Å². The molecule has 1 heterocycles. The summed E-state index contributed by atoms with van der Waals surface area (Å²) in [5, 5.41) is 2.56. The predicted octanol–water partition coefficient (Wildman–Crippen LogP) is 1.48. The van der Waals surface area contributed by atoms with Crippen LogP contribution < -0.4 is 5.32 Å². The zero-order valence-electron chi connectivity index (χ0n) is 14.2. The molecular formula is C17H28N2O4. The van der Waals surface area contributed by atoms with E-state index >= 15 is 0 Å². The average Bonchev–Trinajstić information content (AvgIpc) is 3.22. The fraction of sp³-hybridized carbons (Fsp3) is 0.824. The highest BCUT2D eigenvalue weighted by molar-refractivity contribution is 5.90. The Morgan fingerprint density at radius 2 is 1.87 bits per heavy atom. The number of likely N-dealkylation sites (tertiary alicyclic amines) is 1. The number of rotatable bonds is 6. The number of nitrogens with zero attached hydrogens (tertiary/aromatic N) is 1. The van der Waals surface area contributed by atoms with Crippen LogP contribution in [0.5, 0.6) is 0 Å². The first-order valence-corrected chi connectivity index (χ1v) is 8.68. The zero-order chi connectivity index (χ0) is 16.8. The van der Waals surface area contributed by atoms with Crippen molar-refractivity contribution >= 4 is 17.8 Å². The van der Waals surface area contributed by atoms with Crippen molar-refractivity contribution in [3.05, 3.63) is 0 Å². The van der Waals surface area contributed by atoms with Gasteiger partial charge in [0.05, 0.1) is 7.11 Å². The molecule has 2 atom stereocenters. The highest BCUT2D eigenvalue weighted by atomic mass is 16.5. The summed E-state index contributed by atoms with van der Waals surface area (Å²) < 4.78 is 4.52. The summed E-state index contributed by atoms with van der Waals surface area (Å²) in [5.74, 6) is -0.0407. The smallest absolute Gasteiger partial charge is 0.325 e. The Morgan fingerprint density at radius 1 is 1.17 bits per heavy atom. The number of ether oxygens (including phenoxy) is 1. The maximum absolute atomic E-state index is 12.7. The summed E-state index contributed by atoms with van der Waals surface area (Å²) in [5.41, 5.74) is 0. The maximum atomic E-state index is 12.7. The first-order valence-electron chi connectivity index (χ1n) is 8.68. The third-order valence-electron chi connectivity index (χ3n) is 5.06. The van der Waals surface area contributed by atoms with E-state index in [1.54, 1.807) is 4.90 Å². The lowest BCUT2D eigenvalue weighted by Gasteiger charge is -2.27. The average molecular weight is 324 g/mol. The fourth-order valence-corrected chi connectivity index (χ4v) is 3.78. The first kappa shape index (κ1) is 17.8. The maximum Gasteiger partial charge on any atom is 0.325 e. The minimum atomic E-state index is -0.483. The van der Waals surface area contributed by atoms with E-state index < -0.39 is 12.0 Å². The van der Waals surface area contributed by atoms with E-state index in [-0.39, 0.29) is 24.3 Å². The van der Waals surface area contributed by atoms with Gasteiger partial charge in [-0.1, -0.05) is 32.6 Å². The van der Waals surface area contributed by atoms with Crippen LogP contribution >= 0.6 is 0 Å². The molecule has 0 unspecified atom stereocenters. The quantitative estimate of drug-likeness (QED) is 0.751. The number of hydrogen-bond acceptors (Lipinski definition) is 4. The third kappa shape index (κ3) is 4.69. The summed E-state index contributed by atoms with van der Waals surface area (Å²) >= 11 is 0. The van der Waals surface area contributed by atoms with Crippen molar-refractivity contribution in [1.29, 1.82) is 0 Å². The fourth-order valence-electron chi connectivity index (χ4n) is 3.78. The molecule has 2 fully saturated rings. The van der Waals surface area contributed by atoms with Crippen molar-refractivity contribution in [3.63, 3.8) is 0 Å². The van der Waals surface area contributed by atoms with Gasteiger partial charge >= 0.3 is 5.97 Å². The number of methoxy groups -OCH3 is 1. The van der Waals surface area contributed by atoms with E-state index in [1.807, 2.05) is 6.92 Å². The molecule has 0 spiro atoms. The molecule has 0 aromatic carbocycles. The van der Waals surface area contributed by atoms with Gasteiger partial charge in [0, 0.05) is 12.5 Å². The molecule has 0 aromatic rings. The molecule has 1 saturated carbocycles. The number of carbonyl (C=O) groups excluding carboxylic acids is 3. The number of hydrogen-bond donors (Lipinski definition) is 1. The van der Waals surface area contributed by atoms with Crippen molar-refractivity contribution in [2.45, 2.75) is 57.9 Å². The Kier molecular flexibility index (Phi) is 6.42. The van der Waals surface area contributed by atoms with Gasteiger partial charge in [0.1, 0.15) is 12.6 Å². The SMILES string of the molecule is COC(=O)CNC(=O)[C@H]1CCCN1C(=O)[C@@H](C)CC1CCCC1. The molecule has 1 saturated heterocycles. The van der Waals surface area contributed by atoms with Gasteiger partial charge in [-0.15, -0.1) is 0 Å². The van der Waals surface area contributed by atoms with Crippen LogP contribution in [0.15, 0.2) is 0 Å². The van der Waals surface area contributed by atoms with Gasteiger partial charge in [-0.05, 0) is 25.2 Å². The minimum Gasteiger partial charge on any atom is -0.468 e. The van der Waals surface area contributed by atoms with Crippen molar-refractivity contribution in [1.82, 2.24) is 10.2 Å². The predicted molar refractivity (Wildman–Crippen MR) is 85.5 cm³/mol. The van der Waals surface area contributed by atoms with Gasteiger partial charge < -0.3 is 15.0 Å². The lowest BCUT2D eigenvalue weighted by atomic mass is 9.93. The molecule has 6 nitrogen and oxygen atoms in total. The molecule has 0 radical (unpaired) electrons. The Hall–Kier alpha value is -1.59. The van der Waals surface area contributed by atoms with E-state index in [2.05, 4.69) is 10.1 Å². The Bertz CT molecular complexity index is 446. The van der Waals surface area contributed by atoms with Crippen LogP contribution in [0.1, 0.15) is 51.9 Å². The molecule has 1 aliphatic heterocycles. The highest BCUT2D eigenvalue weighted by Crippen LogP contribution is 2.31. The van der Waals surface area contributed by atoms with Crippen molar-refractivity contribution in [3.8, 4) is 0 Å². The molecule has 1 N–H and O–H groups in total. The minimum absolute atomic E-state index is 0.0351. The molecule has 2 amide bonds. The number of carbonyl (C=O) groups is 3. The van der Waals surface area contributed by atoms with Crippen LogP contribution in [-0.4, -0.2) is 48.9 Å². The lowest BCUT2D eigenvalue weighted by Crippen LogP contribution is -2.48. The Morgan fingerprint density at radius 3 is 2.52 bits per heavy atom. The molecule has 23 heavy (non-hydrogen) atoms. The monoisotopic (exact) mass is 324 g/mol. The van der Waals surface area contributed by atoms with Gasteiger partial charge in [0.15, 0.2) is 0 Å². The van der Waals surface area contributed by atoms with E-state index in [4.69, 9.17) is 0 Å². The summed E-state index contributed by atoms with van der Waals surface area (Å²) in [6.45, 7) is 2.46. The molecule has 1 aliphatic carbocycles. The third-order valence-corrected chi connectivity index (χ3v) is 5.06. The van der Waals surface area contributed by atoms with Crippen LogP contribution in [0.4, 0.5) is 0 Å². The van der Waals surface area contributed by atoms with Crippen LogP contribution in [0.3, 0.4) is 0 Å². The number of esters is 1. The van der Waals surface area contributed by atoms with Crippen LogP contribution in [0.2, 0.25) is 0 Å². The van der Waals surface area contributed by atoms with Crippen molar-refractivity contribution < 1.29 is 19.1 Å². The van der Waals surface area contributed by atoms with Crippen LogP contribution in [0.25, 0.3) is 0 Å². The van der Waals surface area contributed by atoms with Crippen molar-refractivity contribution in [2.24, 2.45) is 11.8 Å². The molecule has 2 aliphatic rings. The van der Waals surface area contributed by atoms with Crippen LogP contribution in [0, 0.1) is 11.8 Å². The van der Waals surface area contributed by atoms with Gasteiger partial charge in [0.25, 0.3) is 0 Å². The van der Waals surface area contributed by atoms with E-state index in [0.717, 1.165) is 12.8 Å². The molecule has 0 bridgehead atoms. The second kappa shape index (κ2) is 8.31. The molecular weight excluding hydrogens is 296 g/mol. The topological polar surface area (TPSA) is 75.7 Å². The molecule has 2 rings (SSSR count). The molecule has 0 aromatic heterocycles. The Balaban J connectivity index is 1.87. The van der Waals surface area contributed by atoms with E-state index in [0.29, 0.717) is 18.9 Å². The second-order valence-electron chi connectivity index (χ2n) is 6.77. The normalized spacial score (nSPS) is 22.9. The van der Waals surface area contributed by atoms with Crippen LogP contribution in [-0.2, 0) is 19.1 Å².